The Morgan fingerprint density at radius 1 is 1.56 bits per heavy atom. The number of anilines is 2. The van der Waals surface area contributed by atoms with Gasteiger partial charge in [-0.2, -0.15) is 4.98 Å². The van der Waals surface area contributed by atoms with Gasteiger partial charge >= 0.3 is 0 Å². The highest BCUT2D eigenvalue weighted by Gasteiger charge is 2.29. The first-order valence-corrected chi connectivity index (χ1v) is 5.15. The number of ether oxygens (including phenoxy) is 1. The van der Waals surface area contributed by atoms with Gasteiger partial charge < -0.3 is 15.4 Å². The first kappa shape index (κ1) is 11.1. The fraction of sp³-hybridized carbons (Fsp3) is 0.600. The van der Waals surface area contributed by atoms with Crippen molar-refractivity contribution in [1.29, 1.82) is 0 Å². The molecule has 2 heterocycles. The minimum atomic E-state index is -0.452. The normalized spacial score (nSPS) is 19.8. The van der Waals surface area contributed by atoms with Crippen molar-refractivity contribution < 1.29 is 9.13 Å². The van der Waals surface area contributed by atoms with Crippen LogP contribution in [-0.4, -0.2) is 35.3 Å². The van der Waals surface area contributed by atoms with Crippen LogP contribution in [0.3, 0.4) is 0 Å². The van der Waals surface area contributed by atoms with Crippen molar-refractivity contribution in [3.8, 4) is 0 Å². The summed E-state index contributed by atoms with van der Waals surface area (Å²) in [6, 6.07) is 0. The van der Waals surface area contributed by atoms with Gasteiger partial charge in [-0.15, -0.1) is 0 Å². The second-order valence-electron chi connectivity index (χ2n) is 4.43. The third-order valence-corrected chi connectivity index (χ3v) is 2.47. The van der Waals surface area contributed by atoms with Gasteiger partial charge in [0.05, 0.1) is 18.4 Å². The SMILES string of the molecule is CC1(C)CN(c2nc(N)ncc2F)CCO1. The van der Waals surface area contributed by atoms with Crippen LogP contribution in [0.2, 0.25) is 0 Å². The number of hydrogen-bond acceptors (Lipinski definition) is 5. The highest BCUT2D eigenvalue weighted by molar-refractivity contribution is 5.43. The summed E-state index contributed by atoms with van der Waals surface area (Å²) < 4.78 is 19.1. The molecule has 6 heteroatoms. The maximum Gasteiger partial charge on any atom is 0.222 e. The average molecular weight is 226 g/mol. The van der Waals surface area contributed by atoms with Crippen molar-refractivity contribution in [2.75, 3.05) is 30.3 Å². The maximum atomic E-state index is 13.5. The Morgan fingerprint density at radius 3 is 3.00 bits per heavy atom. The lowest BCUT2D eigenvalue weighted by atomic mass is 10.1. The van der Waals surface area contributed by atoms with Crippen molar-refractivity contribution in [3.05, 3.63) is 12.0 Å². The second kappa shape index (κ2) is 3.86. The average Bonchev–Trinajstić information content (AvgIpc) is 2.20. The minimum absolute atomic E-state index is 0.0840. The van der Waals surface area contributed by atoms with E-state index in [0.717, 1.165) is 6.20 Å². The molecule has 0 bridgehead atoms. The Balaban J connectivity index is 2.26. The standard InChI is InChI=1S/C10H15FN4O/c1-10(2)6-15(3-4-16-10)8-7(11)5-13-9(12)14-8/h5H,3-4,6H2,1-2H3,(H2,12,13,14). The molecule has 88 valence electrons. The molecule has 0 spiro atoms. The molecule has 1 aliphatic rings. The predicted molar refractivity (Wildman–Crippen MR) is 58.6 cm³/mol. The van der Waals surface area contributed by atoms with E-state index in [2.05, 4.69) is 9.97 Å². The van der Waals surface area contributed by atoms with Crippen molar-refractivity contribution in [2.24, 2.45) is 0 Å². The Kier molecular flexibility index (Phi) is 2.67. The predicted octanol–water partition coefficient (Wildman–Crippen LogP) is 0.813. The molecule has 5 nitrogen and oxygen atoms in total. The number of nitrogens with two attached hydrogens (primary N) is 1. The van der Waals surface area contributed by atoms with Gasteiger partial charge in [-0.3, -0.25) is 0 Å². The molecule has 1 aromatic rings. The van der Waals surface area contributed by atoms with E-state index in [0.29, 0.717) is 19.7 Å². The Morgan fingerprint density at radius 2 is 2.31 bits per heavy atom. The number of nitrogens with zero attached hydrogens (tertiary/aromatic N) is 3. The van der Waals surface area contributed by atoms with E-state index in [1.54, 1.807) is 0 Å². The van der Waals surface area contributed by atoms with Crippen LogP contribution >= 0.6 is 0 Å². The second-order valence-corrected chi connectivity index (χ2v) is 4.43. The van der Waals surface area contributed by atoms with Crippen LogP contribution in [0.4, 0.5) is 16.2 Å². The van der Waals surface area contributed by atoms with Crippen molar-refractivity contribution >= 4 is 11.8 Å². The van der Waals surface area contributed by atoms with E-state index in [1.165, 1.54) is 0 Å². The van der Waals surface area contributed by atoms with Gasteiger partial charge in [-0.05, 0) is 13.8 Å². The molecule has 0 atom stereocenters. The third-order valence-electron chi connectivity index (χ3n) is 2.47. The van der Waals surface area contributed by atoms with Crippen LogP contribution in [0.5, 0.6) is 0 Å². The van der Waals surface area contributed by atoms with E-state index in [4.69, 9.17) is 10.5 Å². The maximum absolute atomic E-state index is 13.5. The van der Waals surface area contributed by atoms with Gasteiger partial charge in [-0.25, -0.2) is 9.37 Å². The van der Waals surface area contributed by atoms with Gasteiger partial charge in [0, 0.05) is 13.1 Å². The van der Waals surface area contributed by atoms with Crippen LogP contribution in [0, 0.1) is 5.82 Å². The number of hydrogen-bond donors (Lipinski definition) is 1. The fourth-order valence-corrected chi connectivity index (χ4v) is 1.79. The number of aromatic nitrogens is 2. The number of halogens is 1. The minimum Gasteiger partial charge on any atom is -0.372 e. The highest BCUT2D eigenvalue weighted by atomic mass is 19.1. The number of rotatable bonds is 1. The summed E-state index contributed by atoms with van der Waals surface area (Å²) in [5.41, 5.74) is 5.15. The van der Waals surface area contributed by atoms with Crippen molar-refractivity contribution in [3.63, 3.8) is 0 Å². The Hall–Kier alpha value is -1.43. The van der Waals surface area contributed by atoms with E-state index in [1.807, 2.05) is 18.7 Å². The monoisotopic (exact) mass is 226 g/mol. The molecule has 1 aromatic heterocycles. The topological polar surface area (TPSA) is 64.3 Å². The lowest BCUT2D eigenvalue weighted by molar-refractivity contribution is -0.0280. The summed E-state index contributed by atoms with van der Waals surface area (Å²) in [6.45, 7) is 5.66. The molecule has 16 heavy (non-hydrogen) atoms. The molecule has 0 saturated carbocycles. The van der Waals surface area contributed by atoms with Crippen LogP contribution in [0.1, 0.15) is 13.8 Å². The van der Waals surface area contributed by atoms with Gasteiger partial charge in [0.15, 0.2) is 11.6 Å². The summed E-state index contributed by atoms with van der Waals surface area (Å²) in [5.74, 6) is -0.114. The number of nitrogen functional groups attached to an aromatic ring is 1. The summed E-state index contributed by atoms with van der Waals surface area (Å²) in [6.07, 6.45) is 1.10. The van der Waals surface area contributed by atoms with Crippen molar-refractivity contribution in [1.82, 2.24) is 9.97 Å². The molecule has 2 rings (SSSR count). The van der Waals surface area contributed by atoms with E-state index < -0.39 is 5.82 Å². The molecular formula is C10H15FN4O. The molecule has 1 saturated heterocycles. The molecule has 0 aromatic carbocycles. The molecule has 0 radical (unpaired) electrons. The molecule has 1 fully saturated rings. The largest absolute Gasteiger partial charge is 0.372 e. The zero-order chi connectivity index (χ0) is 11.8. The molecule has 0 aliphatic carbocycles. The van der Waals surface area contributed by atoms with Gasteiger partial charge in [0.2, 0.25) is 5.95 Å². The van der Waals surface area contributed by atoms with Gasteiger partial charge in [0.1, 0.15) is 0 Å². The zero-order valence-electron chi connectivity index (χ0n) is 9.40. The smallest absolute Gasteiger partial charge is 0.222 e. The Labute approximate surface area is 93.4 Å². The lowest BCUT2D eigenvalue weighted by Crippen LogP contribution is -2.49. The summed E-state index contributed by atoms with van der Waals surface area (Å²) >= 11 is 0. The summed E-state index contributed by atoms with van der Waals surface area (Å²) in [5, 5.41) is 0. The Bertz CT molecular complexity index is 396. The first-order chi connectivity index (χ1) is 7.48. The van der Waals surface area contributed by atoms with Gasteiger partial charge in [-0.1, -0.05) is 0 Å². The highest BCUT2D eigenvalue weighted by Crippen LogP contribution is 2.23. The summed E-state index contributed by atoms with van der Waals surface area (Å²) in [4.78, 5) is 9.36. The van der Waals surface area contributed by atoms with E-state index in [9.17, 15) is 4.39 Å². The molecule has 0 unspecified atom stereocenters. The van der Waals surface area contributed by atoms with Gasteiger partial charge in [0.25, 0.3) is 0 Å². The quantitative estimate of drug-likeness (QED) is 0.767. The molecule has 2 N–H and O–H groups in total. The van der Waals surface area contributed by atoms with Crippen LogP contribution in [0.15, 0.2) is 6.20 Å². The van der Waals surface area contributed by atoms with Crippen molar-refractivity contribution in [2.45, 2.75) is 19.4 Å². The third kappa shape index (κ3) is 2.21. The molecule has 1 aliphatic heterocycles. The van der Waals surface area contributed by atoms with Crippen LogP contribution < -0.4 is 10.6 Å². The first-order valence-electron chi connectivity index (χ1n) is 5.15. The molecular weight excluding hydrogens is 211 g/mol. The molecule has 0 amide bonds. The van der Waals surface area contributed by atoms with Crippen LogP contribution in [0.25, 0.3) is 0 Å². The van der Waals surface area contributed by atoms with E-state index in [-0.39, 0.29) is 17.4 Å². The van der Waals surface area contributed by atoms with Crippen LogP contribution in [-0.2, 0) is 4.74 Å². The fourth-order valence-electron chi connectivity index (χ4n) is 1.79. The van der Waals surface area contributed by atoms with E-state index >= 15 is 0 Å². The summed E-state index contributed by atoms with van der Waals surface area (Å²) in [7, 11) is 0. The number of morpholine rings is 1. The zero-order valence-corrected chi connectivity index (χ0v) is 9.40. The lowest BCUT2D eigenvalue weighted by Gasteiger charge is -2.38.